The van der Waals surface area contributed by atoms with Crippen molar-refractivity contribution in [1.82, 2.24) is 9.97 Å². The van der Waals surface area contributed by atoms with Gasteiger partial charge in [0.25, 0.3) is 5.91 Å². The standard InChI is InChI=1S/C12H9F2N3O/c1-7-3-2-5-16-11(7)17-12(18)8-4-6-15-10(14)9(8)13/h2-6H,1H3,(H,16,17,18). The number of anilines is 1. The van der Waals surface area contributed by atoms with Crippen LogP contribution in [0.25, 0.3) is 0 Å². The number of hydrogen-bond acceptors (Lipinski definition) is 3. The summed E-state index contributed by atoms with van der Waals surface area (Å²) in [7, 11) is 0. The number of amides is 1. The van der Waals surface area contributed by atoms with Crippen molar-refractivity contribution in [1.29, 1.82) is 0 Å². The van der Waals surface area contributed by atoms with Gasteiger partial charge in [-0.2, -0.15) is 4.39 Å². The van der Waals surface area contributed by atoms with Gasteiger partial charge in [-0.25, -0.2) is 14.4 Å². The second kappa shape index (κ2) is 4.87. The number of pyridine rings is 2. The van der Waals surface area contributed by atoms with Crippen LogP contribution in [0, 0.1) is 18.7 Å². The summed E-state index contributed by atoms with van der Waals surface area (Å²) >= 11 is 0. The molecular formula is C12H9F2N3O. The molecule has 0 aromatic carbocycles. The third kappa shape index (κ3) is 2.32. The minimum Gasteiger partial charge on any atom is -0.306 e. The first-order valence-corrected chi connectivity index (χ1v) is 5.12. The molecule has 4 nitrogen and oxygen atoms in total. The Morgan fingerprint density at radius 1 is 1.22 bits per heavy atom. The number of nitrogens with one attached hydrogen (secondary N) is 1. The molecule has 1 amide bonds. The molecule has 2 heterocycles. The van der Waals surface area contributed by atoms with Gasteiger partial charge in [-0.15, -0.1) is 0 Å². The number of halogens is 2. The van der Waals surface area contributed by atoms with Crippen LogP contribution in [0.5, 0.6) is 0 Å². The quantitative estimate of drug-likeness (QED) is 0.831. The molecule has 0 saturated carbocycles. The molecule has 6 heteroatoms. The van der Waals surface area contributed by atoms with Crippen LogP contribution >= 0.6 is 0 Å². The maximum Gasteiger partial charge on any atom is 0.260 e. The smallest absolute Gasteiger partial charge is 0.260 e. The van der Waals surface area contributed by atoms with Gasteiger partial charge in [0.05, 0.1) is 5.56 Å². The third-order valence-electron chi connectivity index (χ3n) is 2.33. The molecule has 1 N–H and O–H groups in total. The van der Waals surface area contributed by atoms with E-state index in [9.17, 15) is 13.6 Å². The number of hydrogen-bond donors (Lipinski definition) is 1. The van der Waals surface area contributed by atoms with E-state index in [1.807, 2.05) is 0 Å². The van der Waals surface area contributed by atoms with Gasteiger partial charge in [-0.1, -0.05) is 6.07 Å². The fourth-order valence-electron chi connectivity index (χ4n) is 1.38. The van der Waals surface area contributed by atoms with Crippen LogP contribution in [0.15, 0.2) is 30.6 Å². The summed E-state index contributed by atoms with van der Waals surface area (Å²) in [6.45, 7) is 1.74. The van der Waals surface area contributed by atoms with Crippen LogP contribution in [-0.2, 0) is 0 Å². The summed E-state index contributed by atoms with van der Waals surface area (Å²) < 4.78 is 26.2. The topological polar surface area (TPSA) is 54.9 Å². The molecule has 0 aliphatic rings. The molecule has 2 rings (SSSR count). The summed E-state index contributed by atoms with van der Waals surface area (Å²) in [5.41, 5.74) is 0.313. The molecular weight excluding hydrogens is 240 g/mol. The Hall–Kier alpha value is -2.37. The van der Waals surface area contributed by atoms with E-state index in [4.69, 9.17) is 0 Å². The van der Waals surface area contributed by atoms with Crippen molar-refractivity contribution in [2.45, 2.75) is 6.92 Å². The first-order valence-electron chi connectivity index (χ1n) is 5.12. The number of carbonyl (C=O) groups is 1. The number of carbonyl (C=O) groups excluding carboxylic acids is 1. The molecule has 0 radical (unpaired) electrons. The Morgan fingerprint density at radius 3 is 2.72 bits per heavy atom. The second-order valence-corrected chi connectivity index (χ2v) is 3.59. The van der Waals surface area contributed by atoms with Gasteiger partial charge in [0.15, 0.2) is 5.82 Å². The van der Waals surface area contributed by atoms with Crippen LogP contribution in [0.2, 0.25) is 0 Å². The SMILES string of the molecule is Cc1cccnc1NC(=O)c1ccnc(F)c1F. The fourth-order valence-corrected chi connectivity index (χ4v) is 1.38. The predicted molar refractivity (Wildman–Crippen MR) is 61.1 cm³/mol. The Balaban J connectivity index is 2.28. The van der Waals surface area contributed by atoms with Crippen LogP contribution in [0.1, 0.15) is 15.9 Å². The van der Waals surface area contributed by atoms with Crippen molar-refractivity contribution >= 4 is 11.7 Å². The lowest BCUT2D eigenvalue weighted by atomic mass is 10.2. The first kappa shape index (κ1) is 12.1. The average Bonchev–Trinajstić information content (AvgIpc) is 2.35. The molecule has 0 spiro atoms. The zero-order chi connectivity index (χ0) is 13.1. The Labute approximate surface area is 102 Å². The highest BCUT2D eigenvalue weighted by Gasteiger charge is 2.16. The Bertz CT molecular complexity index is 602. The lowest BCUT2D eigenvalue weighted by Gasteiger charge is -2.07. The fraction of sp³-hybridized carbons (Fsp3) is 0.0833. The highest BCUT2D eigenvalue weighted by Crippen LogP contribution is 2.14. The van der Waals surface area contributed by atoms with Gasteiger partial charge < -0.3 is 5.32 Å². The Morgan fingerprint density at radius 2 is 2.00 bits per heavy atom. The van der Waals surface area contributed by atoms with Crippen molar-refractivity contribution < 1.29 is 13.6 Å². The summed E-state index contributed by atoms with van der Waals surface area (Å²) in [5.74, 6) is -3.04. The number of aryl methyl sites for hydroxylation is 1. The highest BCUT2D eigenvalue weighted by molar-refractivity contribution is 6.04. The number of aromatic nitrogens is 2. The van der Waals surface area contributed by atoms with Gasteiger partial charge in [0, 0.05) is 12.4 Å². The zero-order valence-corrected chi connectivity index (χ0v) is 9.45. The molecule has 0 bridgehead atoms. The maximum absolute atomic E-state index is 13.3. The molecule has 2 aromatic heterocycles. The normalized spacial score (nSPS) is 10.2. The van der Waals surface area contributed by atoms with Crippen LogP contribution in [-0.4, -0.2) is 15.9 Å². The van der Waals surface area contributed by atoms with Gasteiger partial charge in [0.1, 0.15) is 5.82 Å². The van der Waals surface area contributed by atoms with Gasteiger partial charge in [-0.3, -0.25) is 4.79 Å². The number of nitrogens with zero attached hydrogens (tertiary/aromatic N) is 2. The average molecular weight is 249 g/mol. The first-order chi connectivity index (χ1) is 8.59. The molecule has 18 heavy (non-hydrogen) atoms. The highest BCUT2D eigenvalue weighted by atomic mass is 19.2. The largest absolute Gasteiger partial charge is 0.306 e. The molecule has 92 valence electrons. The molecule has 0 saturated heterocycles. The van der Waals surface area contributed by atoms with Crippen molar-refractivity contribution in [3.63, 3.8) is 0 Å². The maximum atomic E-state index is 13.3. The second-order valence-electron chi connectivity index (χ2n) is 3.59. The van der Waals surface area contributed by atoms with Crippen LogP contribution in [0.4, 0.5) is 14.6 Å². The van der Waals surface area contributed by atoms with E-state index in [1.165, 1.54) is 6.20 Å². The van der Waals surface area contributed by atoms with E-state index in [1.54, 1.807) is 19.1 Å². The van der Waals surface area contributed by atoms with E-state index in [0.29, 0.717) is 5.82 Å². The molecule has 0 fully saturated rings. The van der Waals surface area contributed by atoms with E-state index >= 15 is 0 Å². The van der Waals surface area contributed by atoms with Crippen molar-refractivity contribution in [2.24, 2.45) is 0 Å². The monoisotopic (exact) mass is 249 g/mol. The van der Waals surface area contributed by atoms with Crippen molar-refractivity contribution in [3.8, 4) is 0 Å². The van der Waals surface area contributed by atoms with E-state index < -0.39 is 23.2 Å². The lowest BCUT2D eigenvalue weighted by Crippen LogP contribution is -2.16. The van der Waals surface area contributed by atoms with Gasteiger partial charge in [0.2, 0.25) is 5.95 Å². The summed E-state index contributed by atoms with van der Waals surface area (Å²) in [6.07, 6.45) is 2.52. The predicted octanol–water partition coefficient (Wildman–Crippen LogP) is 2.32. The summed E-state index contributed by atoms with van der Waals surface area (Å²) in [5, 5.41) is 2.41. The van der Waals surface area contributed by atoms with E-state index in [-0.39, 0.29) is 0 Å². The van der Waals surface area contributed by atoms with Crippen molar-refractivity contribution in [2.75, 3.05) is 5.32 Å². The minimum absolute atomic E-state index is 0.305. The lowest BCUT2D eigenvalue weighted by molar-refractivity contribution is 0.102. The zero-order valence-electron chi connectivity index (χ0n) is 9.45. The molecule has 0 atom stereocenters. The van der Waals surface area contributed by atoms with Gasteiger partial charge >= 0.3 is 0 Å². The number of rotatable bonds is 2. The van der Waals surface area contributed by atoms with Crippen molar-refractivity contribution in [3.05, 3.63) is 53.5 Å². The van der Waals surface area contributed by atoms with Gasteiger partial charge in [-0.05, 0) is 24.6 Å². The third-order valence-corrected chi connectivity index (χ3v) is 2.33. The van der Waals surface area contributed by atoms with E-state index in [2.05, 4.69) is 15.3 Å². The summed E-state index contributed by atoms with van der Waals surface area (Å²) in [6, 6.07) is 4.55. The van der Waals surface area contributed by atoms with E-state index in [0.717, 1.165) is 17.8 Å². The molecule has 0 aliphatic carbocycles. The Kier molecular flexibility index (Phi) is 3.27. The van der Waals surface area contributed by atoms with Crippen LogP contribution in [0.3, 0.4) is 0 Å². The summed E-state index contributed by atoms with van der Waals surface area (Å²) in [4.78, 5) is 18.8. The molecule has 2 aromatic rings. The molecule has 0 aliphatic heterocycles. The van der Waals surface area contributed by atoms with Crippen LogP contribution < -0.4 is 5.32 Å². The molecule has 0 unspecified atom stereocenters. The minimum atomic E-state index is -1.31.